The van der Waals surface area contributed by atoms with E-state index >= 15 is 0 Å². The summed E-state index contributed by atoms with van der Waals surface area (Å²) in [6, 6.07) is 20.9. The van der Waals surface area contributed by atoms with Gasteiger partial charge in [0.2, 0.25) is 5.91 Å². The van der Waals surface area contributed by atoms with Crippen molar-refractivity contribution in [2.24, 2.45) is 0 Å². The molecule has 0 fully saturated rings. The lowest BCUT2D eigenvalue weighted by molar-refractivity contribution is -0.113. The zero-order chi connectivity index (χ0) is 26.6. The normalized spacial score (nSPS) is 12.8. The Bertz CT molecular complexity index is 1640. The highest BCUT2D eigenvalue weighted by atomic mass is 32.2. The smallest absolute Gasteiger partial charge is 0.263 e. The van der Waals surface area contributed by atoms with Gasteiger partial charge in [0, 0.05) is 10.6 Å². The Morgan fingerprint density at radius 2 is 1.87 bits per heavy atom. The molecule has 0 unspecified atom stereocenters. The number of hydrogen-bond donors (Lipinski definition) is 1. The summed E-state index contributed by atoms with van der Waals surface area (Å²) in [5, 5.41) is 4.17. The number of nitrogens with one attached hydrogen (secondary N) is 1. The maximum Gasteiger partial charge on any atom is 0.263 e. The van der Waals surface area contributed by atoms with E-state index in [0.29, 0.717) is 23.2 Å². The summed E-state index contributed by atoms with van der Waals surface area (Å²) in [6.45, 7) is 0.751. The molecule has 0 spiro atoms. The standard InChI is InChI=1S/C30H27N3O4S2/c34-26(31-21-12-14-22(15-13-21)37-18-20-7-2-1-3-8-20)19-38-30-32-28-27(24-10-4-5-11-25(24)39-28)29(35)33(30)17-23-9-6-16-36-23/h1-3,6-9,12-16H,4-5,10-11,17-19H2,(H,31,34). The van der Waals surface area contributed by atoms with E-state index in [0.717, 1.165) is 52.8 Å². The molecule has 6 rings (SSSR count). The Hall–Kier alpha value is -3.82. The highest BCUT2D eigenvalue weighted by Crippen LogP contribution is 2.35. The first kappa shape index (κ1) is 25.5. The number of furan rings is 1. The predicted octanol–water partition coefficient (Wildman–Crippen LogP) is 6.29. The Balaban J connectivity index is 1.15. The SMILES string of the molecule is O=C(CSc1nc2sc3c(c2c(=O)n1Cc1ccco1)CCCC3)Nc1ccc(OCc2ccccc2)cc1. The lowest BCUT2D eigenvalue weighted by atomic mass is 9.97. The van der Waals surface area contributed by atoms with E-state index in [4.69, 9.17) is 14.1 Å². The highest BCUT2D eigenvalue weighted by molar-refractivity contribution is 7.99. The first-order chi connectivity index (χ1) is 19.1. The van der Waals surface area contributed by atoms with Gasteiger partial charge in [-0.15, -0.1) is 11.3 Å². The van der Waals surface area contributed by atoms with Crippen molar-refractivity contribution in [3.63, 3.8) is 0 Å². The third kappa shape index (κ3) is 5.79. The second kappa shape index (κ2) is 11.5. The van der Waals surface area contributed by atoms with Gasteiger partial charge in [0.1, 0.15) is 22.9 Å². The first-order valence-corrected chi connectivity index (χ1v) is 14.7. The molecule has 1 aliphatic rings. The molecule has 0 saturated carbocycles. The van der Waals surface area contributed by atoms with Crippen LogP contribution in [0.15, 0.2) is 87.4 Å². The first-order valence-electron chi connectivity index (χ1n) is 12.9. The van der Waals surface area contributed by atoms with Crippen LogP contribution in [-0.4, -0.2) is 21.2 Å². The number of amides is 1. The van der Waals surface area contributed by atoms with Crippen molar-refractivity contribution in [1.82, 2.24) is 9.55 Å². The van der Waals surface area contributed by atoms with Gasteiger partial charge in [0.25, 0.3) is 5.56 Å². The molecule has 0 atom stereocenters. The van der Waals surface area contributed by atoms with E-state index < -0.39 is 0 Å². The summed E-state index contributed by atoms with van der Waals surface area (Å²) < 4.78 is 13.0. The fraction of sp³-hybridized carbons (Fsp3) is 0.233. The summed E-state index contributed by atoms with van der Waals surface area (Å²) in [4.78, 5) is 33.4. The second-order valence-corrected chi connectivity index (χ2v) is 11.4. The Morgan fingerprint density at radius 1 is 1.05 bits per heavy atom. The van der Waals surface area contributed by atoms with E-state index in [9.17, 15) is 9.59 Å². The van der Waals surface area contributed by atoms with Crippen LogP contribution >= 0.6 is 23.1 Å². The monoisotopic (exact) mass is 557 g/mol. The minimum atomic E-state index is -0.178. The van der Waals surface area contributed by atoms with Gasteiger partial charge in [-0.05, 0) is 73.2 Å². The molecule has 1 amide bonds. The second-order valence-electron chi connectivity index (χ2n) is 9.39. The van der Waals surface area contributed by atoms with Gasteiger partial charge >= 0.3 is 0 Å². The van der Waals surface area contributed by atoms with Gasteiger partial charge in [0.15, 0.2) is 5.16 Å². The molecule has 1 N–H and O–H groups in total. The Morgan fingerprint density at radius 3 is 2.67 bits per heavy atom. The molecule has 7 nitrogen and oxygen atoms in total. The maximum atomic E-state index is 13.7. The topological polar surface area (TPSA) is 86.4 Å². The minimum absolute atomic E-state index is 0.0650. The number of rotatable bonds is 9. The lowest BCUT2D eigenvalue weighted by Gasteiger charge is -2.13. The van der Waals surface area contributed by atoms with E-state index in [1.807, 2.05) is 60.7 Å². The number of aromatic nitrogens is 2. The fourth-order valence-electron chi connectivity index (χ4n) is 4.73. The van der Waals surface area contributed by atoms with Crippen molar-refractivity contribution in [3.8, 4) is 5.75 Å². The molecular weight excluding hydrogens is 530 g/mol. The summed E-state index contributed by atoms with van der Waals surface area (Å²) in [7, 11) is 0. The molecule has 5 aromatic rings. The number of carbonyl (C=O) groups excluding carboxylic acids is 1. The summed E-state index contributed by atoms with van der Waals surface area (Å²) in [5.74, 6) is 1.34. The molecule has 0 aliphatic heterocycles. The zero-order valence-corrected chi connectivity index (χ0v) is 22.9. The van der Waals surface area contributed by atoms with Crippen LogP contribution in [0, 0.1) is 0 Å². The predicted molar refractivity (Wildman–Crippen MR) is 155 cm³/mol. The van der Waals surface area contributed by atoms with Crippen molar-refractivity contribution < 1.29 is 13.9 Å². The van der Waals surface area contributed by atoms with E-state index in [1.165, 1.54) is 16.6 Å². The number of carbonyl (C=O) groups is 1. The van der Waals surface area contributed by atoms with Crippen molar-refractivity contribution in [2.45, 2.75) is 44.0 Å². The third-order valence-electron chi connectivity index (χ3n) is 6.65. The van der Waals surface area contributed by atoms with Gasteiger partial charge in [-0.25, -0.2) is 4.98 Å². The van der Waals surface area contributed by atoms with Crippen LogP contribution in [0.4, 0.5) is 5.69 Å². The van der Waals surface area contributed by atoms with Gasteiger partial charge in [-0.2, -0.15) is 0 Å². The molecule has 9 heteroatoms. The van der Waals surface area contributed by atoms with Gasteiger partial charge in [-0.3, -0.25) is 14.2 Å². The van der Waals surface area contributed by atoms with Crippen LogP contribution in [0.5, 0.6) is 5.75 Å². The Kier molecular flexibility index (Phi) is 7.51. The van der Waals surface area contributed by atoms with Crippen LogP contribution in [0.3, 0.4) is 0 Å². The Labute approximate surface area is 233 Å². The molecule has 198 valence electrons. The third-order valence-corrected chi connectivity index (χ3v) is 8.81. The van der Waals surface area contributed by atoms with Crippen molar-refractivity contribution in [3.05, 3.63) is 105 Å². The summed E-state index contributed by atoms with van der Waals surface area (Å²) in [5.41, 5.74) is 2.85. The van der Waals surface area contributed by atoms with Crippen molar-refractivity contribution >= 4 is 44.9 Å². The summed E-state index contributed by atoms with van der Waals surface area (Å²) in [6.07, 6.45) is 5.74. The van der Waals surface area contributed by atoms with Gasteiger partial charge in [0.05, 0.1) is 23.9 Å². The van der Waals surface area contributed by atoms with Gasteiger partial charge in [-0.1, -0.05) is 42.1 Å². The fourth-order valence-corrected chi connectivity index (χ4v) is 6.83. The molecule has 2 aromatic carbocycles. The number of fused-ring (bicyclic) bond motifs is 3. The van der Waals surface area contributed by atoms with E-state index in [1.54, 1.807) is 28.2 Å². The molecule has 0 saturated heterocycles. The van der Waals surface area contributed by atoms with Gasteiger partial charge < -0.3 is 14.5 Å². The number of hydrogen-bond acceptors (Lipinski definition) is 7. The number of nitrogens with zero attached hydrogens (tertiary/aromatic N) is 2. The molecule has 3 aromatic heterocycles. The molecule has 0 radical (unpaired) electrons. The average Bonchev–Trinajstić information content (AvgIpc) is 3.61. The van der Waals surface area contributed by atoms with Crippen LogP contribution in [0.2, 0.25) is 0 Å². The van der Waals surface area contributed by atoms with Crippen LogP contribution in [0.1, 0.15) is 34.6 Å². The van der Waals surface area contributed by atoms with Crippen LogP contribution in [0.25, 0.3) is 10.2 Å². The average molecular weight is 558 g/mol. The molecule has 39 heavy (non-hydrogen) atoms. The number of thiophene rings is 1. The molecular formula is C30H27N3O4S2. The van der Waals surface area contributed by atoms with Crippen molar-refractivity contribution in [1.29, 1.82) is 0 Å². The molecule has 3 heterocycles. The zero-order valence-electron chi connectivity index (χ0n) is 21.2. The number of thioether (sulfide) groups is 1. The van der Waals surface area contributed by atoms with E-state index in [-0.39, 0.29) is 23.8 Å². The van der Waals surface area contributed by atoms with E-state index in [2.05, 4.69) is 5.32 Å². The van der Waals surface area contributed by atoms with Crippen LogP contribution < -0.4 is 15.6 Å². The lowest BCUT2D eigenvalue weighted by Crippen LogP contribution is -2.25. The molecule has 1 aliphatic carbocycles. The molecule has 0 bridgehead atoms. The minimum Gasteiger partial charge on any atom is -0.489 e. The highest BCUT2D eigenvalue weighted by Gasteiger charge is 2.23. The van der Waals surface area contributed by atoms with Crippen molar-refractivity contribution in [2.75, 3.05) is 11.1 Å². The maximum absolute atomic E-state index is 13.7. The number of benzene rings is 2. The number of anilines is 1. The van der Waals surface area contributed by atoms with Crippen LogP contribution in [-0.2, 0) is 30.8 Å². The number of aryl methyl sites for hydroxylation is 2. The number of ether oxygens (including phenoxy) is 1. The summed E-state index contributed by atoms with van der Waals surface area (Å²) >= 11 is 2.87. The quantitative estimate of drug-likeness (QED) is 0.169. The largest absolute Gasteiger partial charge is 0.489 e.